The first kappa shape index (κ1) is 15.1. The molecule has 21 heavy (non-hydrogen) atoms. The number of carbonyl (C=O) groups is 1. The molecule has 7 heteroatoms. The molecule has 1 heterocycles. The molecular formula is C14H20N6O. The summed E-state index contributed by atoms with van der Waals surface area (Å²) in [5.74, 6) is -0.171. The average molecular weight is 288 g/mol. The van der Waals surface area contributed by atoms with E-state index in [0.29, 0.717) is 12.1 Å². The molecule has 1 aromatic heterocycles. The van der Waals surface area contributed by atoms with Crippen molar-refractivity contribution in [1.82, 2.24) is 20.2 Å². The van der Waals surface area contributed by atoms with Gasteiger partial charge in [0.05, 0.1) is 11.7 Å². The highest BCUT2D eigenvalue weighted by Gasteiger charge is 2.13. The van der Waals surface area contributed by atoms with E-state index >= 15 is 0 Å². The van der Waals surface area contributed by atoms with Crippen molar-refractivity contribution in [3.05, 3.63) is 30.1 Å². The second-order valence-corrected chi connectivity index (χ2v) is 4.99. The lowest BCUT2D eigenvalue weighted by Gasteiger charge is -2.13. The van der Waals surface area contributed by atoms with Gasteiger partial charge in [0, 0.05) is 5.69 Å². The molecule has 1 amide bonds. The van der Waals surface area contributed by atoms with E-state index in [-0.39, 0.29) is 5.91 Å². The molecule has 0 aliphatic rings. The van der Waals surface area contributed by atoms with Crippen LogP contribution in [0.2, 0.25) is 0 Å². The Bertz CT molecular complexity index is 596. The molecular weight excluding hydrogens is 268 g/mol. The zero-order valence-electron chi connectivity index (χ0n) is 12.3. The van der Waals surface area contributed by atoms with Gasteiger partial charge in [-0.2, -0.15) is 0 Å². The molecule has 0 saturated carbocycles. The van der Waals surface area contributed by atoms with Gasteiger partial charge in [0.1, 0.15) is 6.33 Å². The first-order valence-electron chi connectivity index (χ1n) is 7.02. The van der Waals surface area contributed by atoms with Crippen molar-refractivity contribution in [3.63, 3.8) is 0 Å². The molecule has 2 aromatic rings. The predicted octanol–water partition coefficient (Wildman–Crippen LogP) is 1.43. The van der Waals surface area contributed by atoms with E-state index in [1.807, 2.05) is 25.1 Å². The molecule has 0 unspecified atom stereocenters. The van der Waals surface area contributed by atoms with Crippen molar-refractivity contribution in [3.8, 4) is 5.69 Å². The Morgan fingerprint density at radius 2 is 2.29 bits per heavy atom. The number of nitrogens with two attached hydrogens (primary N) is 1. The minimum absolute atomic E-state index is 0.171. The number of unbranched alkanes of at least 4 members (excludes halogenated alkanes) is 1. The summed E-state index contributed by atoms with van der Waals surface area (Å²) in [6.07, 6.45) is 4.17. The van der Waals surface area contributed by atoms with Crippen molar-refractivity contribution in [2.24, 2.45) is 5.73 Å². The summed E-state index contributed by atoms with van der Waals surface area (Å²) >= 11 is 0. The first-order chi connectivity index (χ1) is 10.1. The van der Waals surface area contributed by atoms with E-state index < -0.39 is 6.04 Å². The van der Waals surface area contributed by atoms with E-state index in [2.05, 4.69) is 27.8 Å². The second kappa shape index (κ2) is 6.94. The van der Waals surface area contributed by atoms with Crippen molar-refractivity contribution in [1.29, 1.82) is 0 Å². The van der Waals surface area contributed by atoms with Gasteiger partial charge in [-0.3, -0.25) is 4.79 Å². The molecule has 0 aliphatic carbocycles. The number of nitrogens with one attached hydrogen (secondary N) is 1. The Balaban J connectivity index is 2.11. The van der Waals surface area contributed by atoms with E-state index in [9.17, 15) is 4.79 Å². The van der Waals surface area contributed by atoms with E-state index in [4.69, 9.17) is 5.73 Å². The third-order valence-corrected chi connectivity index (χ3v) is 3.28. The van der Waals surface area contributed by atoms with Crippen LogP contribution in [0.5, 0.6) is 0 Å². The Morgan fingerprint density at radius 3 is 2.95 bits per heavy atom. The zero-order chi connectivity index (χ0) is 15.2. The topological polar surface area (TPSA) is 98.7 Å². The van der Waals surface area contributed by atoms with Crippen molar-refractivity contribution in [2.45, 2.75) is 39.2 Å². The second-order valence-electron chi connectivity index (χ2n) is 4.99. The van der Waals surface area contributed by atoms with Gasteiger partial charge in [-0.1, -0.05) is 25.8 Å². The maximum Gasteiger partial charge on any atom is 0.241 e. The molecule has 1 atom stereocenters. The summed E-state index contributed by atoms with van der Waals surface area (Å²) in [6, 6.07) is 5.09. The highest BCUT2D eigenvalue weighted by molar-refractivity contribution is 5.94. The van der Waals surface area contributed by atoms with E-state index in [1.165, 1.54) is 6.33 Å². The Labute approximate surface area is 123 Å². The number of hydrogen-bond acceptors (Lipinski definition) is 5. The van der Waals surface area contributed by atoms with E-state index in [1.54, 1.807) is 4.68 Å². The number of aryl methyl sites for hydroxylation is 1. The maximum atomic E-state index is 12.0. The van der Waals surface area contributed by atoms with Gasteiger partial charge in [0.2, 0.25) is 5.91 Å². The fourth-order valence-electron chi connectivity index (χ4n) is 2.00. The van der Waals surface area contributed by atoms with Crippen LogP contribution < -0.4 is 11.1 Å². The molecule has 112 valence electrons. The minimum Gasteiger partial charge on any atom is -0.325 e. The molecule has 2 rings (SSSR count). The van der Waals surface area contributed by atoms with Gasteiger partial charge in [0.25, 0.3) is 0 Å². The Morgan fingerprint density at radius 1 is 1.48 bits per heavy atom. The summed E-state index contributed by atoms with van der Waals surface area (Å²) in [5, 5.41) is 13.9. The van der Waals surface area contributed by atoms with Crippen molar-refractivity contribution < 1.29 is 4.79 Å². The summed E-state index contributed by atoms with van der Waals surface area (Å²) < 4.78 is 1.56. The number of amides is 1. The number of hydrogen-bond donors (Lipinski definition) is 2. The lowest BCUT2D eigenvalue weighted by Crippen LogP contribution is -2.35. The Hall–Kier alpha value is -2.28. The summed E-state index contributed by atoms with van der Waals surface area (Å²) in [4.78, 5) is 12.0. The van der Waals surface area contributed by atoms with Crippen LogP contribution in [-0.2, 0) is 4.79 Å². The number of anilines is 1. The number of tetrazole rings is 1. The lowest BCUT2D eigenvalue weighted by atomic mass is 10.1. The van der Waals surface area contributed by atoms with Crippen LogP contribution in [0.25, 0.3) is 5.69 Å². The molecule has 0 bridgehead atoms. The average Bonchev–Trinajstić information content (AvgIpc) is 3.00. The van der Waals surface area contributed by atoms with Crippen LogP contribution in [0.15, 0.2) is 24.5 Å². The third kappa shape index (κ3) is 3.85. The minimum atomic E-state index is -0.484. The first-order valence-corrected chi connectivity index (χ1v) is 7.02. The summed E-state index contributed by atoms with van der Waals surface area (Å²) in [5.41, 5.74) is 8.38. The highest BCUT2D eigenvalue weighted by atomic mass is 16.2. The SMILES string of the molecule is CCCC[C@H](N)C(=O)Nc1ccc(C)c(-n2cnnn2)c1. The fraction of sp³-hybridized carbons (Fsp3) is 0.429. The third-order valence-electron chi connectivity index (χ3n) is 3.28. The monoisotopic (exact) mass is 288 g/mol. The van der Waals surface area contributed by atoms with Gasteiger partial charge in [-0.05, 0) is 41.5 Å². The summed E-state index contributed by atoms with van der Waals surface area (Å²) in [6.45, 7) is 4.03. The molecule has 0 spiro atoms. The van der Waals surface area contributed by atoms with Gasteiger partial charge in [-0.15, -0.1) is 5.10 Å². The molecule has 0 fully saturated rings. The largest absolute Gasteiger partial charge is 0.325 e. The number of aromatic nitrogens is 4. The van der Waals surface area contributed by atoms with Crippen LogP contribution in [0.3, 0.4) is 0 Å². The van der Waals surface area contributed by atoms with Crippen LogP contribution in [0.1, 0.15) is 31.7 Å². The predicted molar refractivity (Wildman–Crippen MR) is 80.0 cm³/mol. The van der Waals surface area contributed by atoms with Crippen LogP contribution in [0, 0.1) is 6.92 Å². The molecule has 3 N–H and O–H groups in total. The van der Waals surface area contributed by atoms with Gasteiger partial charge in [0.15, 0.2) is 0 Å². The summed E-state index contributed by atoms with van der Waals surface area (Å²) in [7, 11) is 0. The number of benzene rings is 1. The Kier molecular flexibility index (Phi) is 4.99. The molecule has 1 aromatic carbocycles. The smallest absolute Gasteiger partial charge is 0.241 e. The van der Waals surface area contributed by atoms with Crippen LogP contribution in [-0.4, -0.2) is 32.2 Å². The van der Waals surface area contributed by atoms with Crippen molar-refractivity contribution in [2.75, 3.05) is 5.32 Å². The van der Waals surface area contributed by atoms with Gasteiger partial charge in [-0.25, -0.2) is 4.68 Å². The molecule has 0 saturated heterocycles. The number of nitrogens with zero attached hydrogens (tertiary/aromatic N) is 4. The van der Waals surface area contributed by atoms with Crippen molar-refractivity contribution >= 4 is 11.6 Å². The maximum absolute atomic E-state index is 12.0. The zero-order valence-corrected chi connectivity index (χ0v) is 12.3. The van der Waals surface area contributed by atoms with Crippen LogP contribution >= 0.6 is 0 Å². The normalized spacial score (nSPS) is 12.1. The standard InChI is InChI=1S/C14H20N6O/c1-3-4-5-12(15)14(21)17-11-7-6-10(2)13(8-11)20-9-16-18-19-20/h6-9,12H,3-5,15H2,1-2H3,(H,17,21)/t12-/m0/s1. The molecule has 7 nitrogen and oxygen atoms in total. The quantitative estimate of drug-likeness (QED) is 0.837. The molecule has 0 radical (unpaired) electrons. The lowest BCUT2D eigenvalue weighted by molar-refractivity contribution is -0.117. The molecule has 0 aliphatic heterocycles. The van der Waals surface area contributed by atoms with Crippen LogP contribution in [0.4, 0.5) is 5.69 Å². The van der Waals surface area contributed by atoms with Gasteiger partial charge >= 0.3 is 0 Å². The fourth-order valence-corrected chi connectivity index (χ4v) is 2.00. The number of rotatable bonds is 6. The highest BCUT2D eigenvalue weighted by Crippen LogP contribution is 2.18. The number of carbonyl (C=O) groups excluding carboxylic acids is 1. The van der Waals surface area contributed by atoms with Gasteiger partial charge < -0.3 is 11.1 Å². The van der Waals surface area contributed by atoms with E-state index in [0.717, 1.165) is 24.1 Å².